The summed E-state index contributed by atoms with van der Waals surface area (Å²) in [6, 6.07) is 0.718. The molecule has 1 heterocycles. The highest BCUT2D eigenvalue weighted by molar-refractivity contribution is 7.99. The molecule has 0 aromatic carbocycles. The number of rotatable bonds is 8. The highest BCUT2D eigenvalue weighted by Gasteiger charge is 2.36. The van der Waals surface area contributed by atoms with E-state index in [0.717, 1.165) is 17.7 Å². The van der Waals surface area contributed by atoms with Crippen molar-refractivity contribution in [3.05, 3.63) is 5.82 Å². The van der Waals surface area contributed by atoms with Gasteiger partial charge >= 0.3 is 0 Å². The van der Waals surface area contributed by atoms with E-state index < -0.39 is 0 Å². The second kappa shape index (κ2) is 5.87. The lowest BCUT2D eigenvalue weighted by Crippen LogP contribution is -2.02. The average molecular weight is 283 g/mol. The fourth-order valence-electron chi connectivity index (χ4n) is 2.24. The first kappa shape index (κ1) is 12.9. The molecular formula is C13H21N3S2. The van der Waals surface area contributed by atoms with Gasteiger partial charge in [-0.2, -0.15) is 12.6 Å². The van der Waals surface area contributed by atoms with Gasteiger partial charge in [-0.1, -0.05) is 18.2 Å². The van der Waals surface area contributed by atoms with E-state index in [2.05, 4.69) is 27.4 Å². The molecule has 0 saturated heterocycles. The van der Waals surface area contributed by atoms with Crippen LogP contribution < -0.4 is 0 Å². The first-order valence-electron chi connectivity index (χ1n) is 7.08. The lowest BCUT2D eigenvalue weighted by Gasteiger charge is -2.07. The van der Waals surface area contributed by atoms with Gasteiger partial charge in [-0.05, 0) is 44.3 Å². The van der Waals surface area contributed by atoms with Crippen LogP contribution in [0, 0.1) is 0 Å². The van der Waals surface area contributed by atoms with Crippen LogP contribution in [0.2, 0.25) is 0 Å². The molecule has 0 amide bonds. The zero-order chi connectivity index (χ0) is 12.4. The molecule has 0 N–H and O–H groups in total. The van der Waals surface area contributed by atoms with Crippen LogP contribution >= 0.6 is 24.4 Å². The van der Waals surface area contributed by atoms with E-state index in [-0.39, 0.29) is 0 Å². The molecule has 5 heteroatoms. The van der Waals surface area contributed by atoms with Crippen molar-refractivity contribution in [1.29, 1.82) is 0 Å². The number of aromatic nitrogens is 3. The number of unbranched alkanes of at least 4 members (excludes halogenated alkanes) is 2. The zero-order valence-electron chi connectivity index (χ0n) is 10.7. The normalized spacial score (nSPS) is 19.4. The average Bonchev–Trinajstić information content (AvgIpc) is 3.28. The van der Waals surface area contributed by atoms with Crippen molar-refractivity contribution in [2.45, 2.75) is 62.1 Å². The van der Waals surface area contributed by atoms with Gasteiger partial charge < -0.3 is 4.57 Å². The molecule has 2 aliphatic rings. The summed E-state index contributed by atoms with van der Waals surface area (Å²) in [5, 5.41) is 10.0. The Morgan fingerprint density at radius 3 is 2.61 bits per heavy atom. The highest BCUT2D eigenvalue weighted by Crippen LogP contribution is 2.46. The molecule has 3 rings (SSSR count). The van der Waals surface area contributed by atoms with E-state index >= 15 is 0 Å². The van der Waals surface area contributed by atoms with Crippen LogP contribution in [0.15, 0.2) is 5.16 Å². The van der Waals surface area contributed by atoms with Crippen molar-refractivity contribution in [2.24, 2.45) is 0 Å². The third kappa shape index (κ3) is 3.05. The first-order valence-corrected chi connectivity index (χ1v) is 8.70. The maximum atomic E-state index is 4.43. The fourth-order valence-corrected chi connectivity index (χ4v) is 3.47. The summed E-state index contributed by atoms with van der Waals surface area (Å²) in [5.74, 6) is 4.17. The van der Waals surface area contributed by atoms with Crippen molar-refractivity contribution < 1.29 is 0 Å². The lowest BCUT2D eigenvalue weighted by molar-refractivity contribution is 0.626. The Hall–Kier alpha value is -0.160. The Kier molecular flexibility index (Phi) is 4.19. The van der Waals surface area contributed by atoms with Crippen molar-refractivity contribution in [1.82, 2.24) is 14.8 Å². The van der Waals surface area contributed by atoms with Gasteiger partial charge in [0.1, 0.15) is 5.82 Å². The van der Waals surface area contributed by atoms with E-state index in [1.165, 1.54) is 61.7 Å². The van der Waals surface area contributed by atoms with Crippen LogP contribution in [0.3, 0.4) is 0 Å². The Bertz CT molecular complexity index is 397. The monoisotopic (exact) mass is 283 g/mol. The molecule has 100 valence electrons. The van der Waals surface area contributed by atoms with Crippen LogP contribution in [0.4, 0.5) is 0 Å². The van der Waals surface area contributed by atoms with Crippen molar-refractivity contribution in [2.75, 3.05) is 11.5 Å². The molecule has 2 aliphatic carbocycles. The summed E-state index contributed by atoms with van der Waals surface area (Å²) in [5.41, 5.74) is 0. The molecule has 1 aromatic rings. The first-order chi connectivity index (χ1) is 8.90. The standard InChI is InChI=1S/C13H21N3S2/c17-8-2-1-3-9-18-13-15-14-12(10-4-5-10)16(13)11-6-7-11/h10-11,17H,1-9H2. The molecule has 0 spiro atoms. The molecule has 0 radical (unpaired) electrons. The summed E-state index contributed by atoms with van der Waals surface area (Å²) in [4.78, 5) is 0. The lowest BCUT2D eigenvalue weighted by atomic mass is 10.3. The predicted octanol–water partition coefficient (Wildman–Crippen LogP) is 3.68. The van der Waals surface area contributed by atoms with Crippen molar-refractivity contribution >= 4 is 24.4 Å². The number of nitrogens with zero attached hydrogens (tertiary/aromatic N) is 3. The number of hydrogen-bond acceptors (Lipinski definition) is 4. The van der Waals surface area contributed by atoms with Gasteiger partial charge in [0.25, 0.3) is 0 Å². The highest BCUT2D eigenvalue weighted by atomic mass is 32.2. The summed E-state index contributed by atoms with van der Waals surface area (Å²) in [6.07, 6.45) is 9.06. The Morgan fingerprint density at radius 1 is 1.11 bits per heavy atom. The Morgan fingerprint density at radius 2 is 1.94 bits per heavy atom. The van der Waals surface area contributed by atoms with Crippen LogP contribution in [-0.4, -0.2) is 26.3 Å². The molecule has 3 nitrogen and oxygen atoms in total. The number of hydrogen-bond donors (Lipinski definition) is 1. The molecular weight excluding hydrogens is 262 g/mol. The van der Waals surface area contributed by atoms with Gasteiger partial charge in [0.15, 0.2) is 5.16 Å². The maximum absolute atomic E-state index is 4.43. The second-order valence-electron chi connectivity index (χ2n) is 5.35. The van der Waals surface area contributed by atoms with Crippen LogP contribution in [0.5, 0.6) is 0 Å². The SMILES string of the molecule is SCCCCCSc1nnc(C2CC2)n1C1CC1. The zero-order valence-corrected chi connectivity index (χ0v) is 12.4. The molecule has 0 bridgehead atoms. The third-order valence-electron chi connectivity index (χ3n) is 3.58. The molecule has 0 unspecified atom stereocenters. The number of thioether (sulfide) groups is 1. The summed E-state index contributed by atoms with van der Waals surface area (Å²) in [6.45, 7) is 0. The molecule has 0 atom stereocenters. The molecule has 2 fully saturated rings. The van der Waals surface area contributed by atoms with E-state index in [0.29, 0.717) is 0 Å². The van der Waals surface area contributed by atoms with Gasteiger partial charge in [0.2, 0.25) is 0 Å². The minimum Gasteiger partial charge on any atom is -0.303 e. The van der Waals surface area contributed by atoms with Crippen molar-refractivity contribution in [3.8, 4) is 0 Å². The van der Waals surface area contributed by atoms with E-state index in [4.69, 9.17) is 0 Å². The van der Waals surface area contributed by atoms with Gasteiger partial charge in [-0.25, -0.2) is 0 Å². The van der Waals surface area contributed by atoms with Gasteiger partial charge in [0.05, 0.1) is 0 Å². The maximum Gasteiger partial charge on any atom is 0.191 e. The van der Waals surface area contributed by atoms with Gasteiger partial charge in [-0.3, -0.25) is 0 Å². The van der Waals surface area contributed by atoms with E-state index in [9.17, 15) is 0 Å². The quantitative estimate of drug-likeness (QED) is 0.448. The summed E-state index contributed by atoms with van der Waals surface area (Å²) < 4.78 is 2.45. The minimum atomic E-state index is 0.718. The molecule has 18 heavy (non-hydrogen) atoms. The second-order valence-corrected chi connectivity index (χ2v) is 6.86. The Balaban J connectivity index is 1.57. The van der Waals surface area contributed by atoms with Gasteiger partial charge in [-0.15, -0.1) is 10.2 Å². The Labute approximate surface area is 119 Å². The minimum absolute atomic E-state index is 0.718. The van der Waals surface area contributed by atoms with E-state index in [1.54, 1.807) is 0 Å². The van der Waals surface area contributed by atoms with E-state index in [1.807, 2.05) is 11.8 Å². The molecule has 1 aromatic heterocycles. The summed E-state index contributed by atoms with van der Waals surface area (Å²) >= 11 is 6.14. The summed E-state index contributed by atoms with van der Waals surface area (Å²) in [7, 11) is 0. The predicted molar refractivity (Wildman–Crippen MR) is 78.7 cm³/mol. The van der Waals surface area contributed by atoms with Crippen LogP contribution in [-0.2, 0) is 0 Å². The van der Waals surface area contributed by atoms with Gasteiger partial charge in [0, 0.05) is 17.7 Å². The number of thiol groups is 1. The molecule has 2 saturated carbocycles. The topological polar surface area (TPSA) is 30.7 Å². The van der Waals surface area contributed by atoms with Crippen LogP contribution in [0.25, 0.3) is 0 Å². The largest absolute Gasteiger partial charge is 0.303 e. The van der Waals surface area contributed by atoms with Crippen molar-refractivity contribution in [3.63, 3.8) is 0 Å². The fraction of sp³-hybridized carbons (Fsp3) is 0.846. The molecule has 0 aliphatic heterocycles. The van der Waals surface area contributed by atoms with Crippen LogP contribution in [0.1, 0.15) is 62.7 Å². The third-order valence-corrected chi connectivity index (χ3v) is 4.92. The smallest absolute Gasteiger partial charge is 0.191 e.